The van der Waals surface area contributed by atoms with Crippen LogP contribution in [0.5, 0.6) is 0 Å². The predicted molar refractivity (Wildman–Crippen MR) is 94.0 cm³/mol. The first kappa shape index (κ1) is 15.9. The quantitative estimate of drug-likeness (QED) is 0.803. The van der Waals surface area contributed by atoms with Gasteiger partial charge in [0.15, 0.2) is 5.43 Å². The third-order valence-electron chi connectivity index (χ3n) is 4.05. The summed E-state index contributed by atoms with van der Waals surface area (Å²) < 4.78 is 2.06. The molecule has 0 radical (unpaired) electrons. The van der Waals surface area contributed by atoms with E-state index in [4.69, 9.17) is 0 Å². The highest BCUT2D eigenvalue weighted by molar-refractivity contribution is 5.98. The number of aromatic nitrogens is 2. The average Bonchev–Trinajstić information content (AvgIpc) is 2.60. The van der Waals surface area contributed by atoms with Crippen molar-refractivity contribution >= 4 is 16.8 Å². The Balaban J connectivity index is 1.90. The van der Waals surface area contributed by atoms with Crippen LogP contribution in [0.25, 0.3) is 10.9 Å². The second kappa shape index (κ2) is 6.66. The third-order valence-corrected chi connectivity index (χ3v) is 4.05. The number of pyridine rings is 2. The number of fused-ring (bicyclic) bond motifs is 1. The molecule has 2 heterocycles. The SMILES string of the molecule is CCn1c(C)cc(=O)c2cc(C(=O)NCc3ccccn3)ccc21. The molecule has 5 nitrogen and oxygen atoms in total. The van der Waals surface area contributed by atoms with Gasteiger partial charge in [-0.1, -0.05) is 6.07 Å². The van der Waals surface area contributed by atoms with Gasteiger partial charge in [-0.15, -0.1) is 0 Å². The highest BCUT2D eigenvalue weighted by Gasteiger charge is 2.10. The van der Waals surface area contributed by atoms with Crippen LogP contribution in [0.1, 0.15) is 28.7 Å². The van der Waals surface area contributed by atoms with Gasteiger partial charge in [-0.3, -0.25) is 14.6 Å². The normalized spacial score (nSPS) is 10.8. The molecule has 0 unspecified atom stereocenters. The molecule has 0 aliphatic carbocycles. The summed E-state index contributed by atoms with van der Waals surface area (Å²) in [5.41, 5.74) is 2.97. The summed E-state index contributed by atoms with van der Waals surface area (Å²) >= 11 is 0. The molecule has 2 aromatic heterocycles. The van der Waals surface area contributed by atoms with Gasteiger partial charge in [0.2, 0.25) is 0 Å². The Labute approximate surface area is 140 Å². The predicted octanol–water partition coefficient (Wildman–Crippen LogP) is 2.65. The number of aryl methyl sites for hydroxylation is 2. The highest BCUT2D eigenvalue weighted by atomic mass is 16.1. The number of benzene rings is 1. The van der Waals surface area contributed by atoms with Gasteiger partial charge in [-0.25, -0.2) is 0 Å². The monoisotopic (exact) mass is 321 g/mol. The van der Waals surface area contributed by atoms with Crippen molar-refractivity contribution in [3.8, 4) is 0 Å². The molecule has 1 amide bonds. The molecule has 0 fully saturated rings. The van der Waals surface area contributed by atoms with Crippen molar-refractivity contribution in [2.75, 3.05) is 0 Å². The number of carbonyl (C=O) groups excluding carboxylic acids is 1. The molecule has 24 heavy (non-hydrogen) atoms. The summed E-state index contributed by atoms with van der Waals surface area (Å²) in [6.45, 7) is 5.07. The van der Waals surface area contributed by atoms with E-state index in [1.165, 1.54) is 0 Å². The summed E-state index contributed by atoms with van der Waals surface area (Å²) in [5, 5.41) is 3.39. The molecule has 122 valence electrons. The van der Waals surface area contributed by atoms with Gasteiger partial charge in [0.05, 0.1) is 17.8 Å². The molecule has 1 aromatic carbocycles. The number of carbonyl (C=O) groups is 1. The summed E-state index contributed by atoms with van der Waals surface area (Å²) in [5.74, 6) is -0.217. The zero-order valence-electron chi connectivity index (χ0n) is 13.7. The maximum atomic E-state index is 12.3. The molecule has 3 aromatic rings. The molecule has 0 atom stereocenters. The Morgan fingerprint density at radius 3 is 2.75 bits per heavy atom. The van der Waals surface area contributed by atoms with Crippen molar-refractivity contribution in [1.29, 1.82) is 0 Å². The van der Waals surface area contributed by atoms with Crippen LogP contribution in [0.3, 0.4) is 0 Å². The fourth-order valence-electron chi connectivity index (χ4n) is 2.84. The van der Waals surface area contributed by atoms with E-state index in [0.29, 0.717) is 17.5 Å². The first-order valence-corrected chi connectivity index (χ1v) is 7.92. The largest absolute Gasteiger partial charge is 0.346 e. The van der Waals surface area contributed by atoms with Gasteiger partial charge in [-0.05, 0) is 44.2 Å². The summed E-state index contributed by atoms with van der Waals surface area (Å²) in [7, 11) is 0. The van der Waals surface area contributed by atoms with Crippen LogP contribution < -0.4 is 10.7 Å². The number of nitrogens with zero attached hydrogens (tertiary/aromatic N) is 2. The molecule has 0 bridgehead atoms. The van der Waals surface area contributed by atoms with Crippen molar-refractivity contribution < 1.29 is 4.79 Å². The van der Waals surface area contributed by atoms with Crippen LogP contribution in [0.2, 0.25) is 0 Å². The smallest absolute Gasteiger partial charge is 0.251 e. The second-order valence-electron chi connectivity index (χ2n) is 5.63. The summed E-state index contributed by atoms with van der Waals surface area (Å²) in [4.78, 5) is 28.8. The van der Waals surface area contributed by atoms with E-state index in [-0.39, 0.29) is 11.3 Å². The fourth-order valence-corrected chi connectivity index (χ4v) is 2.84. The molecular formula is C19H19N3O2. The van der Waals surface area contributed by atoms with Crippen LogP contribution in [0, 0.1) is 6.92 Å². The van der Waals surface area contributed by atoms with E-state index >= 15 is 0 Å². The van der Waals surface area contributed by atoms with Gasteiger partial charge in [0.1, 0.15) is 0 Å². The van der Waals surface area contributed by atoms with Crippen LogP contribution in [-0.2, 0) is 13.1 Å². The zero-order chi connectivity index (χ0) is 17.1. The average molecular weight is 321 g/mol. The van der Waals surface area contributed by atoms with Crippen molar-refractivity contribution in [2.45, 2.75) is 26.9 Å². The molecule has 3 rings (SSSR count). The van der Waals surface area contributed by atoms with Gasteiger partial charge in [0, 0.05) is 35.5 Å². The van der Waals surface area contributed by atoms with Crippen molar-refractivity contribution in [1.82, 2.24) is 14.9 Å². The first-order valence-electron chi connectivity index (χ1n) is 7.92. The molecular weight excluding hydrogens is 302 g/mol. The Kier molecular flexibility index (Phi) is 4.42. The zero-order valence-corrected chi connectivity index (χ0v) is 13.7. The minimum Gasteiger partial charge on any atom is -0.346 e. The van der Waals surface area contributed by atoms with Crippen LogP contribution >= 0.6 is 0 Å². The number of hydrogen-bond acceptors (Lipinski definition) is 3. The summed E-state index contributed by atoms with van der Waals surface area (Å²) in [6.07, 6.45) is 1.69. The molecule has 0 saturated carbocycles. The lowest BCUT2D eigenvalue weighted by Crippen LogP contribution is -2.23. The van der Waals surface area contributed by atoms with Crippen molar-refractivity contribution in [3.05, 3.63) is 75.8 Å². The Hall–Kier alpha value is -2.95. The van der Waals surface area contributed by atoms with Gasteiger partial charge in [0.25, 0.3) is 5.91 Å². The van der Waals surface area contributed by atoms with Crippen LogP contribution in [0.4, 0.5) is 0 Å². The standard InChI is InChI=1S/C19H19N3O2/c1-3-22-13(2)10-18(23)16-11-14(7-8-17(16)22)19(24)21-12-15-6-4-5-9-20-15/h4-11H,3,12H2,1-2H3,(H,21,24). The van der Waals surface area contributed by atoms with Crippen molar-refractivity contribution in [2.24, 2.45) is 0 Å². The maximum absolute atomic E-state index is 12.3. The van der Waals surface area contributed by atoms with E-state index < -0.39 is 0 Å². The van der Waals surface area contributed by atoms with Gasteiger partial charge >= 0.3 is 0 Å². The Bertz CT molecular complexity index is 946. The number of rotatable bonds is 4. The second-order valence-corrected chi connectivity index (χ2v) is 5.63. The molecule has 0 aliphatic heterocycles. The number of nitrogens with one attached hydrogen (secondary N) is 1. The lowest BCUT2D eigenvalue weighted by Gasteiger charge is -2.13. The molecule has 0 saturated heterocycles. The summed E-state index contributed by atoms with van der Waals surface area (Å²) in [6, 6.07) is 12.4. The van der Waals surface area contributed by atoms with Gasteiger partial charge in [-0.2, -0.15) is 0 Å². The maximum Gasteiger partial charge on any atom is 0.251 e. The van der Waals surface area contributed by atoms with Gasteiger partial charge < -0.3 is 9.88 Å². The van der Waals surface area contributed by atoms with Crippen molar-refractivity contribution in [3.63, 3.8) is 0 Å². The molecule has 5 heteroatoms. The third kappa shape index (κ3) is 3.06. The van der Waals surface area contributed by atoms with E-state index in [1.807, 2.05) is 38.1 Å². The lowest BCUT2D eigenvalue weighted by molar-refractivity contribution is 0.0950. The lowest BCUT2D eigenvalue weighted by atomic mass is 10.1. The number of hydrogen-bond donors (Lipinski definition) is 1. The highest BCUT2D eigenvalue weighted by Crippen LogP contribution is 2.15. The minimum atomic E-state index is -0.217. The fraction of sp³-hybridized carbons (Fsp3) is 0.211. The Morgan fingerprint density at radius 1 is 1.21 bits per heavy atom. The molecule has 1 N–H and O–H groups in total. The number of amides is 1. The minimum absolute atomic E-state index is 0.0634. The van der Waals surface area contributed by atoms with E-state index in [9.17, 15) is 9.59 Å². The molecule has 0 spiro atoms. The topological polar surface area (TPSA) is 64.0 Å². The van der Waals surface area contributed by atoms with Crippen LogP contribution in [0.15, 0.2) is 53.5 Å². The van der Waals surface area contributed by atoms with E-state index in [0.717, 1.165) is 23.4 Å². The Morgan fingerprint density at radius 2 is 2.04 bits per heavy atom. The van der Waals surface area contributed by atoms with E-state index in [2.05, 4.69) is 14.9 Å². The van der Waals surface area contributed by atoms with Crippen LogP contribution in [-0.4, -0.2) is 15.5 Å². The molecule has 0 aliphatic rings. The first-order chi connectivity index (χ1) is 11.6. The van der Waals surface area contributed by atoms with E-state index in [1.54, 1.807) is 24.4 Å².